The van der Waals surface area contributed by atoms with Crippen molar-refractivity contribution in [3.63, 3.8) is 0 Å². The van der Waals surface area contributed by atoms with Gasteiger partial charge in [-0.05, 0) is 42.4 Å². The van der Waals surface area contributed by atoms with Gasteiger partial charge >= 0.3 is 0 Å². The molecule has 0 radical (unpaired) electrons. The van der Waals surface area contributed by atoms with Crippen LogP contribution in [0.3, 0.4) is 0 Å². The second-order valence-electron chi connectivity index (χ2n) is 6.64. The van der Waals surface area contributed by atoms with Crippen LogP contribution in [0.1, 0.15) is 38.2 Å². The predicted molar refractivity (Wildman–Crippen MR) is 80.3 cm³/mol. The summed E-state index contributed by atoms with van der Waals surface area (Å²) in [4.78, 5) is 13.7. The van der Waals surface area contributed by atoms with Crippen molar-refractivity contribution in [2.75, 3.05) is 19.7 Å². The number of carbonyl (C=O) groups is 1. The van der Waals surface area contributed by atoms with Crippen LogP contribution in [0, 0.1) is 5.92 Å². The lowest BCUT2D eigenvalue weighted by Gasteiger charge is -2.46. The third-order valence-corrected chi connectivity index (χ3v) is 4.53. The first-order valence-corrected chi connectivity index (χ1v) is 7.71. The van der Waals surface area contributed by atoms with E-state index in [1.807, 2.05) is 24.3 Å². The molecule has 0 spiro atoms. The molecule has 114 valence electrons. The Bertz CT molecular complexity index is 513. The van der Waals surface area contributed by atoms with Gasteiger partial charge in [-0.2, -0.15) is 0 Å². The Hall–Kier alpha value is -1.55. The molecule has 1 aliphatic carbocycles. The van der Waals surface area contributed by atoms with E-state index in [-0.39, 0.29) is 12.5 Å². The highest BCUT2D eigenvalue weighted by Crippen LogP contribution is 2.44. The summed E-state index contributed by atoms with van der Waals surface area (Å²) < 4.78 is 5.53. The topological polar surface area (TPSA) is 49.8 Å². The Morgan fingerprint density at radius 2 is 1.95 bits per heavy atom. The second kappa shape index (κ2) is 5.34. The van der Waals surface area contributed by atoms with Crippen LogP contribution in [0.25, 0.3) is 0 Å². The molecule has 4 heteroatoms. The minimum Gasteiger partial charge on any atom is -0.484 e. The second-order valence-corrected chi connectivity index (χ2v) is 6.64. The zero-order valence-electron chi connectivity index (χ0n) is 12.7. The van der Waals surface area contributed by atoms with Gasteiger partial charge in [0.05, 0.1) is 13.1 Å². The van der Waals surface area contributed by atoms with Crippen LogP contribution in [0.15, 0.2) is 24.3 Å². The summed E-state index contributed by atoms with van der Waals surface area (Å²) >= 11 is 0. The maximum absolute atomic E-state index is 12.0. The molecule has 3 rings (SSSR count). The number of ether oxygens (including phenoxy) is 1. The molecule has 2 aliphatic rings. The molecule has 0 aromatic heterocycles. The number of carbonyl (C=O) groups excluding carboxylic acids is 1. The minimum absolute atomic E-state index is 0.0434. The van der Waals surface area contributed by atoms with E-state index in [0.29, 0.717) is 30.7 Å². The fourth-order valence-electron chi connectivity index (χ4n) is 2.86. The van der Waals surface area contributed by atoms with E-state index in [4.69, 9.17) is 4.74 Å². The van der Waals surface area contributed by atoms with E-state index < -0.39 is 5.60 Å². The Kier molecular flexibility index (Phi) is 3.66. The first-order chi connectivity index (χ1) is 9.98. The van der Waals surface area contributed by atoms with Gasteiger partial charge in [-0.3, -0.25) is 4.79 Å². The van der Waals surface area contributed by atoms with Crippen molar-refractivity contribution in [1.29, 1.82) is 0 Å². The van der Waals surface area contributed by atoms with Crippen molar-refractivity contribution in [3.05, 3.63) is 29.8 Å². The van der Waals surface area contributed by atoms with E-state index in [2.05, 4.69) is 13.8 Å². The van der Waals surface area contributed by atoms with Crippen molar-refractivity contribution in [3.8, 4) is 5.75 Å². The molecule has 1 heterocycles. The fourth-order valence-corrected chi connectivity index (χ4v) is 2.86. The Morgan fingerprint density at radius 3 is 2.48 bits per heavy atom. The van der Waals surface area contributed by atoms with Crippen molar-refractivity contribution in [2.24, 2.45) is 5.92 Å². The Labute approximate surface area is 125 Å². The number of hydrogen-bond acceptors (Lipinski definition) is 3. The van der Waals surface area contributed by atoms with Gasteiger partial charge in [0, 0.05) is 0 Å². The lowest BCUT2D eigenvalue weighted by atomic mass is 9.89. The SMILES string of the molecule is CC(C)c1ccc(OCC(=O)N2CC(O)(C3CC3)C2)cc1. The molecule has 2 fully saturated rings. The van der Waals surface area contributed by atoms with Gasteiger partial charge in [0.15, 0.2) is 6.61 Å². The Balaban J connectivity index is 1.46. The summed E-state index contributed by atoms with van der Waals surface area (Å²) in [6, 6.07) is 7.86. The van der Waals surface area contributed by atoms with E-state index >= 15 is 0 Å². The van der Waals surface area contributed by atoms with Crippen molar-refractivity contribution < 1.29 is 14.6 Å². The van der Waals surface area contributed by atoms with E-state index in [0.717, 1.165) is 12.8 Å². The maximum Gasteiger partial charge on any atom is 0.260 e. The monoisotopic (exact) mass is 289 g/mol. The van der Waals surface area contributed by atoms with E-state index in [1.165, 1.54) is 5.56 Å². The standard InChI is InChI=1S/C17H23NO3/c1-12(2)13-3-7-15(8-4-13)21-9-16(19)18-10-17(20,11-18)14-5-6-14/h3-4,7-8,12,14,20H,5-6,9-11H2,1-2H3. The maximum atomic E-state index is 12.0. The van der Waals surface area contributed by atoms with Gasteiger partial charge in [0.25, 0.3) is 5.91 Å². The summed E-state index contributed by atoms with van der Waals surface area (Å²) in [5, 5.41) is 10.2. The number of β-amino-alcohol motifs (C(OH)–C–C–N with tert-alkyl or cyclic N) is 1. The van der Waals surface area contributed by atoms with Crippen LogP contribution < -0.4 is 4.74 Å². The van der Waals surface area contributed by atoms with Gasteiger partial charge < -0.3 is 14.7 Å². The van der Waals surface area contributed by atoms with Crippen molar-refractivity contribution >= 4 is 5.91 Å². The number of aliphatic hydroxyl groups is 1. The highest BCUT2D eigenvalue weighted by atomic mass is 16.5. The van der Waals surface area contributed by atoms with Gasteiger partial charge in [-0.15, -0.1) is 0 Å². The highest BCUT2D eigenvalue weighted by molar-refractivity contribution is 5.79. The summed E-state index contributed by atoms with van der Waals surface area (Å²) in [5.41, 5.74) is 0.639. The average molecular weight is 289 g/mol. The van der Waals surface area contributed by atoms with E-state index in [1.54, 1.807) is 4.90 Å². The number of amides is 1. The number of nitrogens with zero attached hydrogens (tertiary/aromatic N) is 1. The molecule has 0 bridgehead atoms. The van der Waals surface area contributed by atoms with Crippen molar-refractivity contribution in [2.45, 2.75) is 38.2 Å². The predicted octanol–water partition coefficient (Wildman–Crippen LogP) is 2.17. The van der Waals surface area contributed by atoms with Gasteiger partial charge in [-0.1, -0.05) is 26.0 Å². The van der Waals surface area contributed by atoms with Crippen LogP contribution in [-0.4, -0.2) is 41.2 Å². The van der Waals surface area contributed by atoms with Crippen LogP contribution >= 0.6 is 0 Å². The molecule has 0 unspecified atom stereocenters. The quantitative estimate of drug-likeness (QED) is 0.904. The molecule has 1 amide bonds. The molecule has 1 aliphatic heterocycles. The van der Waals surface area contributed by atoms with Gasteiger partial charge in [-0.25, -0.2) is 0 Å². The number of rotatable bonds is 5. The van der Waals surface area contributed by atoms with Crippen LogP contribution in [0.4, 0.5) is 0 Å². The smallest absolute Gasteiger partial charge is 0.260 e. The summed E-state index contributed by atoms with van der Waals surface area (Å²) in [6.45, 7) is 5.26. The lowest BCUT2D eigenvalue weighted by Crippen LogP contribution is -2.65. The molecule has 1 saturated heterocycles. The molecule has 1 aromatic carbocycles. The van der Waals surface area contributed by atoms with Crippen molar-refractivity contribution in [1.82, 2.24) is 4.90 Å². The summed E-state index contributed by atoms with van der Waals surface area (Å²) in [7, 11) is 0. The first-order valence-electron chi connectivity index (χ1n) is 7.71. The number of benzene rings is 1. The minimum atomic E-state index is -0.616. The number of likely N-dealkylation sites (tertiary alicyclic amines) is 1. The largest absolute Gasteiger partial charge is 0.484 e. The summed E-state index contributed by atoms with van der Waals surface area (Å²) in [5.74, 6) is 1.56. The lowest BCUT2D eigenvalue weighted by molar-refractivity contribution is -0.161. The van der Waals surface area contributed by atoms with Crippen LogP contribution in [-0.2, 0) is 4.79 Å². The zero-order chi connectivity index (χ0) is 15.0. The molecular weight excluding hydrogens is 266 g/mol. The molecule has 1 saturated carbocycles. The highest BCUT2D eigenvalue weighted by Gasteiger charge is 2.53. The summed E-state index contributed by atoms with van der Waals surface area (Å²) in [6.07, 6.45) is 2.19. The molecular formula is C17H23NO3. The third kappa shape index (κ3) is 3.05. The normalized spacial score (nSPS) is 20.3. The molecule has 4 nitrogen and oxygen atoms in total. The first kappa shape index (κ1) is 14.4. The third-order valence-electron chi connectivity index (χ3n) is 4.53. The fraction of sp³-hybridized carbons (Fsp3) is 0.588. The average Bonchev–Trinajstić information content (AvgIpc) is 3.26. The molecule has 0 atom stereocenters. The molecule has 1 N–H and O–H groups in total. The van der Waals surface area contributed by atoms with Gasteiger partial charge in [0.1, 0.15) is 11.4 Å². The van der Waals surface area contributed by atoms with Crippen LogP contribution in [0.2, 0.25) is 0 Å². The molecule has 21 heavy (non-hydrogen) atoms. The molecule has 1 aromatic rings. The number of hydrogen-bond donors (Lipinski definition) is 1. The zero-order valence-corrected chi connectivity index (χ0v) is 12.7. The Morgan fingerprint density at radius 1 is 1.33 bits per heavy atom. The van der Waals surface area contributed by atoms with Crippen LogP contribution in [0.5, 0.6) is 5.75 Å². The van der Waals surface area contributed by atoms with Gasteiger partial charge in [0.2, 0.25) is 0 Å². The van der Waals surface area contributed by atoms with E-state index in [9.17, 15) is 9.90 Å².